The van der Waals surface area contributed by atoms with Crippen LogP contribution in [0.25, 0.3) is 33.4 Å². The lowest BCUT2D eigenvalue weighted by Gasteiger charge is -2.25. The summed E-state index contributed by atoms with van der Waals surface area (Å²) < 4.78 is 15.0. The van der Waals surface area contributed by atoms with Gasteiger partial charge in [-0.2, -0.15) is 0 Å². The molecule has 75 heavy (non-hydrogen) atoms. The van der Waals surface area contributed by atoms with Gasteiger partial charge < -0.3 is 29.3 Å². The van der Waals surface area contributed by atoms with Crippen LogP contribution >= 0.6 is 0 Å². The summed E-state index contributed by atoms with van der Waals surface area (Å²) >= 11 is 0. The molecule has 5 heterocycles. The summed E-state index contributed by atoms with van der Waals surface area (Å²) in [5.41, 5.74) is 9.55. The number of benzene rings is 4. The van der Waals surface area contributed by atoms with E-state index in [2.05, 4.69) is 53.3 Å². The highest BCUT2D eigenvalue weighted by atomic mass is 16.5. The number of aromatic nitrogens is 4. The first-order chi connectivity index (χ1) is 36.5. The van der Waals surface area contributed by atoms with E-state index in [-0.39, 0.29) is 11.5 Å². The minimum atomic E-state index is -1.34. The quantitative estimate of drug-likeness (QED) is 0.0395. The van der Waals surface area contributed by atoms with Gasteiger partial charge in [0.05, 0.1) is 41.4 Å². The Morgan fingerprint density at radius 2 is 1.19 bits per heavy atom. The van der Waals surface area contributed by atoms with E-state index in [1.807, 2.05) is 172 Å². The van der Waals surface area contributed by atoms with E-state index in [0.717, 1.165) is 50.7 Å². The molecule has 14 nitrogen and oxygen atoms in total. The predicted octanol–water partition coefficient (Wildman–Crippen LogP) is 8.24. The van der Waals surface area contributed by atoms with E-state index in [9.17, 15) is 14.7 Å². The van der Waals surface area contributed by atoms with Crippen LogP contribution in [0.15, 0.2) is 175 Å². The Bertz CT molecular complexity index is 3220. The monoisotopic (exact) mass is 999 g/mol. The Morgan fingerprint density at radius 1 is 0.613 bits per heavy atom. The Morgan fingerprint density at radius 3 is 1.69 bits per heavy atom. The topological polar surface area (TPSA) is 156 Å². The smallest absolute Gasteiger partial charge is 0.251 e. The summed E-state index contributed by atoms with van der Waals surface area (Å²) in [6, 6.07) is 46.7. The van der Waals surface area contributed by atoms with Gasteiger partial charge in [0.2, 0.25) is 5.36 Å². The number of amides is 1. The number of rotatable bonds is 22. The van der Waals surface area contributed by atoms with E-state index < -0.39 is 5.97 Å². The highest BCUT2D eigenvalue weighted by molar-refractivity contribution is 6.09. The van der Waals surface area contributed by atoms with E-state index >= 15 is 0 Å². The van der Waals surface area contributed by atoms with Gasteiger partial charge in [-0.15, -0.1) is 0 Å². The molecule has 380 valence electrons. The van der Waals surface area contributed by atoms with E-state index in [4.69, 9.17) is 9.15 Å². The molecule has 0 spiro atoms. The number of pyridine rings is 4. The summed E-state index contributed by atoms with van der Waals surface area (Å²) in [4.78, 5) is 51.9. The highest BCUT2D eigenvalue weighted by Gasteiger charge is 2.23. The molecule has 0 saturated heterocycles. The molecule has 3 aromatic carbocycles. The molecule has 0 saturated carbocycles. The van der Waals surface area contributed by atoms with Crippen molar-refractivity contribution in [2.45, 2.75) is 52.1 Å². The second-order valence-electron chi connectivity index (χ2n) is 19.0. The van der Waals surface area contributed by atoms with Crippen molar-refractivity contribution in [2.24, 2.45) is 0 Å². The number of ether oxygens (including phenoxy) is 1. The van der Waals surface area contributed by atoms with Gasteiger partial charge in [0.25, 0.3) is 5.91 Å². The normalized spacial score (nSPS) is 11.3. The summed E-state index contributed by atoms with van der Waals surface area (Å²) in [6.45, 7) is 4.56. The molecule has 0 radical (unpaired) electrons. The van der Waals surface area contributed by atoms with Crippen molar-refractivity contribution in [1.29, 1.82) is 0 Å². The Balaban J connectivity index is 0.925. The third-order valence-electron chi connectivity index (χ3n) is 12.9. The molecule has 7 aromatic rings. The van der Waals surface area contributed by atoms with Crippen molar-refractivity contribution in [3.05, 3.63) is 221 Å². The van der Waals surface area contributed by atoms with Crippen LogP contribution in [0.3, 0.4) is 0 Å². The standard InChI is InChI=1S/C61H61N9O5/c1-67(2)50-20-23-54-57(35-50)75-58-36-51(68(3)4)21-24-55(58)59(54)56-34-45(19-22-53(56)61(72)73)60(71)66-29-13-14-30-74-52-32-43(37-69(39-46-15-5-9-25-62-46)40-47-16-6-10-26-63-47)31-44(33-52)38-70(41-48-17-7-11-27-64-48)42-49-18-8-12-28-65-49/h5-12,15-28,31-36H,13-14,29-30,37-42H2,1-4H3,(H-,66,71,72,73). The van der Waals surface area contributed by atoms with E-state index in [1.165, 1.54) is 12.1 Å². The predicted molar refractivity (Wildman–Crippen MR) is 290 cm³/mol. The number of carbonyl (C=O) groups is 2. The molecule has 2 aliphatic rings. The number of nitrogens with one attached hydrogen (secondary N) is 1. The maximum atomic E-state index is 13.9. The van der Waals surface area contributed by atoms with Crippen molar-refractivity contribution in [3.8, 4) is 28.2 Å². The molecule has 14 heteroatoms. The van der Waals surface area contributed by atoms with E-state index in [1.54, 1.807) is 6.07 Å². The highest BCUT2D eigenvalue weighted by Crippen LogP contribution is 2.42. The van der Waals surface area contributed by atoms with Crippen LogP contribution < -0.4 is 30.0 Å². The summed E-state index contributed by atoms with van der Waals surface area (Å²) in [6.07, 6.45) is 8.60. The lowest BCUT2D eigenvalue weighted by Crippen LogP contribution is -2.26. The molecular weight excluding hydrogens is 939 g/mol. The van der Waals surface area contributed by atoms with Gasteiger partial charge in [-0.25, -0.2) is 4.58 Å². The van der Waals surface area contributed by atoms with Gasteiger partial charge in [-0.05, 0) is 121 Å². The fraction of sp³-hybridized carbons (Fsp3) is 0.230. The van der Waals surface area contributed by atoms with Crippen LogP contribution in [0.4, 0.5) is 5.69 Å². The van der Waals surface area contributed by atoms with Crippen LogP contribution in [0.2, 0.25) is 0 Å². The second kappa shape index (κ2) is 24.4. The van der Waals surface area contributed by atoms with Crippen molar-refractivity contribution in [3.63, 3.8) is 0 Å². The molecular formula is C61H61N9O5. The van der Waals surface area contributed by atoms with Gasteiger partial charge in [-0.3, -0.25) is 34.5 Å². The number of fused-ring (bicyclic) bond motifs is 2. The average Bonchev–Trinajstić information content (AvgIpc) is 3.41. The number of hydrogen-bond acceptors (Lipinski definition) is 12. The van der Waals surface area contributed by atoms with Gasteiger partial charge in [0.15, 0.2) is 0 Å². The molecule has 0 bridgehead atoms. The fourth-order valence-corrected chi connectivity index (χ4v) is 9.23. The summed E-state index contributed by atoms with van der Waals surface area (Å²) in [7, 11) is 7.79. The molecule has 0 fully saturated rings. The Labute approximate surface area is 437 Å². The maximum Gasteiger partial charge on any atom is 0.251 e. The molecule has 0 unspecified atom stereocenters. The number of unbranched alkanes of at least 4 members (excludes halogenated alkanes) is 1. The molecule has 0 atom stereocenters. The largest absolute Gasteiger partial charge is 0.545 e. The zero-order valence-electron chi connectivity index (χ0n) is 42.9. The first kappa shape index (κ1) is 51.3. The first-order valence-corrected chi connectivity index (χ1v) is 25.1. The third kappa shape index (κ3) is 13.5. The van der Waals surface area contributed by atoms with Gasteiger partial charge in [0, 0.05) is 130 Å². The van der Waals surface area contributed by atoms with Crippen LogP contribution in [-0.4, -0.2) is 83.0 Å². The molecule has 1 aliphatic heterocycles. The van der Waals surface area contributed by atoms with Crippen molar-refractivity contribution < 1.29 is 23.8 Å². The Hall–Kier alpha value is -8.59. The van der Waals surface area contributed by atoms with Crippen molar-refractivity contribution in [2.75, 3.05) is 46.2 Å². The van der Waals surface area contributed by atoms with Gasteiger partial charge >= 0.3 is 0 Å². The zero-order chi connectivity index (χ0) is 52.1. The number of nitrogens with zero attached hydrogens (tertiary/aromatic N) is 8. The molecule has 4 aromatic heterocycles. The lowest BCUT2D eigenvalue weighted by molar-refractivity contribution is -0.254. The number of aromatic carboxylic acids is 1. The average molecular weight is 1000 g/mol. The summed E-state index contributed by atoms with van der Waals surface area (Å²) in [5.74, 6) is -0.331. The van der Waals surface area contributed by atoms with Crippen LogP contribution in [-0.2, 0) is 39.3 Å². The zero-order valence-corrected chi connectivity index (χ0v) is 42.9. The minimum Gasteiger partial charge on any atom is -0.545 e. The van der Waals surface area contributed by atoms with Crippen LogP contribution in [0.1, 0.15) is 67.5 Å². The maximum absolute atomic E-state index is 13.9. The minimum absolute atomic E-state index is 0.0266. The Kier molecular flexibility index (Phi) is 16.7. The molecule has 9 rings (SSSR count). The molecule has 1 N–H and O–H groups in total. The van der Waals surface area contributed by atoms with Crippen LogP contribution in [0.5, 0.6) is 5.75 Å². The van der Waals surface area contributed by atoms with E-state index in [0.29, 0.717) is 104 Å². The summed E-state index contributed by atoms with van der Waals surface area (Å²) in [5, 5.41) is 17.4. The number of carbonyl (C=O) groups excluding carboxylic acids is 2. The SMILES string of the molecule is CN(C)c1ccc2c(-c3cc(C(=O)NCCCCOc4cc(CN(Cc5ccccn5)Cc5ccccn5)cc(CN(Cc5ccccn5)Cc5ccccn5)c4)ccc3C(=O)[O-])c3ccc(=[N+](C)C)cc-3oc2c1. The molecule has 1 aliphatic carbocycles. The number of hydrogen-bond donors (Lipinski definition) is 1. The second-order valence-corrected chi connectivity index (χ2v) is 19.0. The third-order valence-corrected chi connectivity index (χ3v) is 12.9. The number of anilines is 1. The van der Waals surface area contributed by atoms with Crippen molar-refractivity contribution >= 4 is 28.5 Å². The van der Waals surface area contributed by atoms with Crippen molar-refractivity contribution in [1.82, 2.24) is 39.6 Å². The number of carboxylic acids is 1. The van der Waals surface area contributed by atoms with Gasteiger partial charge in [-0.1, -0.05) is 36.4 Å². The fourth-order valence-electron chi connectivity index (χ4n) is 9.23. The lowest BCUT2D eigenvalue weighted by atomic mass is 9.89. The van der Waals surface area contributed by atoms with Crippen LogP contribution in [0, 0.1) is 0 Å². The number of carboxylic acid groups (broad SMARTS) is 1. The van der Waals surface area contributed by atoms with Gasteiger partial charge in [0.1, 0.15) is 31.2 Å². The molecule has 1 amide bonds. The first-order valence-electron chi connectivity index (χ1n) is 25.1.